The molecule has 0 aliphatic rings. The summed E-state index contributed by atoms with van der Waals surface area (Å²) >= 11 is 0. The summed E-state index contributed by atoms with van der Waals surface area (Å²) in [6, 6.07) is 0. The van der Waals surface area contributed by atoms with Crippen molar-refractivity contribution in [3.05, 3.63) is 0 Å². The van der Waals surface area contributed by atoms with Gasteiger partial charge in [0.25, 0.3) is 0 Å². The van der Waals surface area contributed by atoms with Crippen LogP contribution in [-0.2, 0) is 0 Å². The quantitative estimate of drug-likeness (QED) is 0.708. The van der Waals surface area contributed by atoms with E-state index in [1.807, 2.05) is 0 Å². The highest BCUT2D eigenvalue weighted by atomic mass is 16.5. The molecular formula is C16H35NO. The number of nitrogens with zero attached hydrogens (tertiary/aromatic N) is 1. The molecule has 0 radical (unpaired) electrons. The Bertz CT molecular complexity index is 238. The molecule has 0 aliphatic heterocycles. The van der Waals surface area contributed by atoms with Crippen molar-refractivity contribution in [3.63, 3.8) is 0 Å². The van der Waals surface area contributed by atoms with Crippen LogP contribution < -0.4 is 0 Å². The van der Waals surface area contributed by atoms with Gasteiger partial charge in [0.15, 0.2) is 0 Å². The van der Waals surface area contributed by atoms with Crippen molar-refractivity contribution >= 4 is 0 Å². The van der Waals surface area contributed by atoms with Gasteiger partial charge < -0.3 is 5.21 Å². The van der Waals surface area contributed by atoms with E-state index in [-0.39, 0.29) is 21.9 Å². The second-order valence-corrected chi connectivity index (χ2v) is 9.41. The van der Waals surface area contributed by atoms with Crippen LogP contribution in [0.4, 0.5) is 0 Å². The first kappa shape index (κ1) is 17.9. The zero-order valence-electron chi connectivity index (χ0n) is 14.3. The zero-order valence-corrected chi connectivity index (χ0v) is 14.3. The Kier molecular flexibility index (Phi) is 5.10. The van der Waals surface area contributed by atoms with Crippen LogP contribution in [0.25, 0.3) is 0 Å². The van der Waals surface area contributed by atoms with E-state index in [0.29, 0.717) is 0 Å². The van der Waals surface area contributed by atoms with Crippen LogP contribution in [-0.4, -0.2) is 21.3 Å². The summed E-state index contributed by atoms with van der Waals surface area (Å²) in [5.74, 6) is 0. The van der Waals surface area contributed by atoms with E-state index in [9.17, 15) is 5.21 Å². The molecule has 0 rings (SSSR count). The summed E-state index contributed by atoms with van der Waals surface area (Å²) in [4.78, 5) is 0. The number of hydrogen-bond acceptors (Lipinski definition) is 2. The van der Waals surface area contributed by atoms with Gasteiger partial charge in [-0.1, -0.05) is 41.5 Å². The Morgan fingerprint density at radius 3 is 1.00 bits per heavy atom. The fourth-order valence-corrected chi connectivity index (χ4v) is 3.56. The minimum absolute atomic E-state index is 0.211. The Morgan fingerprint density at radius 2 is 0.833 bits per heavy atom. The molecule has 0 spiro atoms. The summed E-state index contributed by atoms with van der Waals surface area (Å²) in [7, 11) is 0. The van der Waals surface area contributed by atoms with Gasteiger partial charge in [-0.3, -0.25) is 0 Å². The van der Waals surface area contributed by atoms with Gasteiger partial charge in [0.1, 0.15) is 0 Å². The molecule has 0 unspecified atom stereocenters. The minimum atomic E-state index is -0.215. The van der Waals surface area contributed by atoms with Crippen molar-refractivity contribution in [2.45, 2.75) is 93.2 Å². The fourth-order valence-electron chi connectivity index (χ4n) is 3.56. The van der Waals surface area contributed by atoms with Crippen molar-refractivity contribution in [2.75, 3.05) is 0 Å². The Balaban J connectivity index is 4.96. The molecule has 1 N–H and O–H groups in total. The molecule has 110 valence electrons. The molecular weight excluding hydrogens is 222 g/mol. The molecule has 2 nitrogen and oxygen atoms in total. The average Bonchev–Trinajstić information content (AvgIpc) is 1.92. The van der Waals surface area contributed by atoms with Gasteiger partial charge in [-0.2, -0.15) is 5.06 Å². The predicted molar refractivity (Wildman–Crippen MR) is 79.9 cm³/mol. The number of rotatable bonds is 4. The standard InChI is InChI=1S/C16H35NO/c1-13(2,3)11-15(7,8)17(18)16(9,10)12-14(4,5)6/h18H,11-12H2,1-10H3. The zero-order chi connectivity index (χ0) is 15.0. The smallest absolute Gasteiger partial charge is 0.0415 e. The highest BCUT2D eigenvalue weighted by molar-refractivity contribution is 4.91. The van der Waals surface area contributed by atoms with E-state index >= 15 is 0 Å². The highest BCUT2D eigenvalue weighted by Crippen LogP contribution is 2.38. The van der Waals surface area contributed by atoms with Crippen LogP contribution in [0.3, 0.4) is 0 Å². The molecule has 0 aromatic rings. The van der Waals surface area contributed by atoms with Gasteiger partial charge in [-0.05, 0) is 51.4 Å². The van der Waals surface area contributed by atoms with Gasteiger partial charge in [0.2, 0.25) is 0 Å². The normalized spacial score (nSPS) is 15.3. The van der Waals surface area contributed by atoms with E-state index in [1.54, 1.807) is 5.06 Å². The maximum Gasteiger partial charge on any atom is 0.0415 e. The molecule has 0 heterocycles. The molecule has 0 saturated heterocycles. The molecule has 0 aliphatic carbocycles. The lowest BCUT2D eigenvalue weighted by atomic mass is 9.77. The first-order valence-corrected chi connectivity index (χ1v) is 7.06. The molecule has 0 fully saturated rings. The SMILES string of the molecule is CC(C)(C)CC(C)(C)N(O)C(C)(C)CC(C)(C)C. The van der Waals surface area contributed by atoms with Gasteiger partial charge in [0.05, 0.1) is 0 Å². The Labute approximate surface area is 115 Å². The Morgan fingerprint density at radius 1 is 0.611 bits per heavy atom. The second kappa shape index (κ2) is 5.13. The van der Waals surface area contributed by atoms with Crippen LogP contribution in [0, 0.1) is 10.8 Å². The monoisotopic (exact) mass is 257 g/mol. The van der Waals surface area contributed by atoms with E-state index < -0.39 is 0 Å². The van der Waals surface area contributed by atoms with Crippen LogP contribution in [0.5, 0.6) is 0 Å². The van der Waals surface area contributed by atoms with Gasteiger partial charge in [0, 0.05) is 11.1 Å². The molecule has 0 amide bonds. The lowest BCUT2D eigenvalue weighted by Gasteiger charge is -2.48. The van der Waals surface area contributed by atoms with Crippen molar-refractivity contribution in [3.8, 4) is 0 Å². The fraction of sp³-hybridized carbons (Fsp3) is 1.00. The summed E-state index contributed by atoms with van der Waals surface area (Å²) in [6.07, 6.45) is 1.92. The first-order chi connectivity index (χ1) is 7.57. The van der Waals surface area contributed by atoms with E-state index in [0.717, 1.165) is 12.8 Å². The van der Waals surface area contributed by atoms with Gasteiger partial charge in [-0.25, -0.2) is 0 Å². The summed E-state index contributed by atoms with van der Waals surface area (Å²) in [5, 5.41) is 12.2. The number of hydrogen-bond donors (Lipinski definition) is 1. The lowest BCUT2D eigenvalue weighted by molar-refractivity contribution is -0.236. The summed E-state index contributed by atoms with van der Waals surface area (Å²) < 4.78 is 0. The molecule has 0 atom stereocenters. The largest absolute Gasteiger partial charge is 0.313 e. The van der Waals surface area contributed by atoms with Gasteiger partial charge in [-0.15, -0.1) is 0 Å². The van der Waals surface area contributed by atoms with E-state index in [1.165, 1.54) is 0 Å². The summed E-state index contributed by atoms with van der Waals surface area (Å²) in [6.45, 7) is 21.8. The number of hydroxylamine groups is 2. The molecule has 0 aromatic carbocycles. The van der Waals surface area contributed by atoms with Crippen molar-refractivity contribution in [2.24, 2.45) is 10.8 Å². The predicted octanol–water partition coefficient (Wildman–Crippen LogP) is 5.11. The maximum absolute atomic E-state index is 10.7. The van der Waals surface area contributed by atoms with Crippen molar-refractivity contribution in [1.82, 2.24) is 5.06 Å². The first-order valence-electron chi connectivity index (χ1n) is 7.06. The third-order valence-corrected chi connectivity index (χ3v) is 3.07. The third kappa shape index (κ3) is 6.19. The van der Waals surface area contributed by atoms with Crippen LogP contribution in [0.15, 0.2) is 0 Å². The average molecular weight is 257 g/mol. The lowest BCUT2D eigenvalue weighted by Crippen LogP contribution is -2.55. The molecule has 2 heteroatoms. The Hall–Kier alpha value is -0.0800. The van der Waals surface area contributed by atoms with E-state index in [2.05, 4.69) is 69.2 Å². The molecule has 0 aromatic heterocycles. The van der Waals surface area contributed by atoms with Crippen molar-refractivity contribution in [1.29, 1.82) is 0 Å². The highest BCUT2D eigenvalue weighted by Gasteiger charge is 2.40. The molecule has 0 saturated carbocycles. The molecule has 18 heavy (non-hydrogen) atoms. The van der Waals surface area contributed by atoms with Crippen LogP contribution in [0.2, 0.25) is 0 Å². The maximum atomic E-state index is 10.7. The van der Waals surface area contributed by atoms with Crippen molar-refractivity contribution < 1.29 is 5.21 Å². The third-order valence-electron chi connectivity index (χ3n) is 3.07. The topological polar surface area (TPSA) is 23.5 Å². The van der Waals surface area contributed by atoms with Crippen LogP contribution >= 0.6 is 0 Å². The summed E-state index contributed by atoms with van der Waals surface area (Å²) in [5.41, 5.74) is -0.00934. The van der Waals surface area contributed by atoms with Gasteiger partial charge >= 0.3 is 0 Å². The second-order valence-electron chi connectivity index (χ2n) is 9.41. The minimum Gasteiger partial charge on any atom is -0.313 e. The molecule has 0 bridgehead atoms. The van der Waals surface area contributed by atoms with Crippen LogP contribution in [0.1, 0.15) is 82.1 Å². The van der Waals surface area contributed by atoms with E-state index in [4.69, 9.17) is 0 Å².